The summed E-state index contributed by atoms with van der Waals surface area (Å²) in [4.78, 5) is 23.5. The van der Waals surface area contributed by atoms with Gasteiger partial charge in [0, 0.05) is 13.0 Å². The van der Waals surface area contributed by atoms with Crippen LogP contribution in [0.3, 0.4) is 0 Å². The summed E-state index contributed by atoms with van der Waals surface area (Å²) in [5.74, 6) is -1.01. The molecule has 102 valence electrons. The number of aliphatic carboxylic acids is 1. The SMILES string of the molecule is CC1CCCNC1C(=O)NC1(C(=O)O)CCOC1. The number of hydrogen-bond donors (Lipinski definition) is 3. The summed E-state index contributed by atoms with van der Waals surface area (Å²) in [6.45, 7) is 3.24. The molecule has 0 spiro atoms. The zero-order valence-corrected chi connectivity index (χ0v) is 10.6. The summed E-state index contributed by atoms with van der Waals surface area (Å²) in [5, 5.41) is 15.1. The first-order valence-electron chi connectivity index (χ1n) is 6.42. The van der Waals surface area contributed by atoms with Crippen molar-refractivity contribution in [3.8, 4) is 0 Å². The Bertz CT molecular complexity index is 339. The smallest absolute Gasteiger partial charge is 0.331 e. The lowest BCUT2D eigenvalue weighted by molar-refractivity contribution is -0.148. The standard InChI is InChI=1S/C12H20N2O4/c1-8-3-2-5-13-9(8)10(15)14-12(11(16)17)4-6-18-7-12/h8-9,13H,2-7H2,1H3,(H,14,15)(H,16,17). The molecule has 0 saturated carbocycles. The molecule has 3 atom stereocenters. The monoisotopic (exact) mass is 256 g/mol. The first-order valence-corrected chi connectivity index (χ1v) is 6.42. The fraction of sp³-hybridized carbons (Fsp3) is 0.833. The lowest BCUT2D eigenvalue weighted by atomic mass is 9.90. The summed E-state index contributed by atoms with van der Waals surface area (Å²) in [6, 6.07) is -0.296. The van der Waals surface area contributed by atoms with Gasteiger partial charge in [-0.25, -0.2) is 4.79 Å². The van der Waals surface area contributed by atoms with Gasteiger partial charge in [0.25, 0.3) is 0 Å². The zero-order valence-electron chi connectivity index (χ0n) is 10.6. The van der Waals surface area contributed by atoms with Crippen molar-refractivity contribution in [3.05, 3.63) is 0 Å². The number of carboxylic acid groups (broad SMARTS) is 1. The van der Waals surface area contributed by atoms with Crippen molar-refractivity contribution in [1.29, 1.82) is 0 Å². The molecule has 0 radical (unpaired) electrons. The minimum Gasteiger partial charge on any atom is -0.479 e. The molecule has 0 aromatic rings. The summed E-state index contributed by atoms with van der Waals surface area (Å²) in [5.41, 5.74) is -1.24. The van der Waals surface area contributed by atoms with Crippen LogP contribution >= 0.6 is 0 Å². The van der Waals surface area contributed by atoms with Crippen LogP contribution in [0, 0.1) is 5.92 Å². The molecule has 6 nitrogen and oxygen atoms in total. The molecule has 2 aliphatic heterocycles. The maximum absolute atomic E-state index is 12.2. The minimum absolute atomic E-state index is 0.0508. The van der Waals surface area contributed by atoms with Gasteiger partial charge in [0.05, 0.1) is 12.6 Å². The quantitative estimate of drug-likeness (QED) is 0.647. The number of carbonyl (C=O) groups excluding carboxylic acids is 1. The first kappa shape index (κ1) is 13.3. The highest BCUT2D eigenvalue weighted by atomic mass is 16.5. The van der Waals surface area contributed by atoms with Crippen LogP contribution in [0.5, 0.6) is 0 Å². The number of hydrogen-bond acceptors (Lipinski definition) is 4. The lowest BCUT2D eigenvalue weighted by Gasteiger charge is -2.32. The Hall–Kier alpha value is -1.14. The largest absolute Gasteiger partial charge is 0.479 e. The third-order valence-electron chi connectivity index (χ3n) is 3.85. The van der Waals surface area contributed by atoms with Gasteiger partial charge in [0.1, 0.15) is 0 Å². The molecular formula is C12H20N2O4. The Balaban J connectivity index is 2.03. The molecule has 0 aromatic carbocycles. The van der Waals surface area contributed by atoms with Gasteiger partial charge < -0.3 is 20.5 Å². The number of rotatable bonds is 3. The van der Waals surface area contributed by atoms with Gasteiger partial charge in [-0.2, -0.15) is 0 Å². The van der Waals surface area contributed by atoms with Gasteiger partial charge in [-0.15, -0.1) is 0 Å². The molecular weight excluding hydrogens is 236 g/mol. The minimum atomic E-state index is -1.24. The highest BCUT2D eigenvalue weighted by molar-refractivity contribution is 5.90. The van der Waals surface area contributed by atoms with Crippen LogP contribution < -0.4 is 10.6 Å². The summed E-state index contributed by atoms with van der Waals surface area (Å²) < 4.78 is 5.12. The van der Waals surface area contributed by atoms with E-state index in [9.17, 15) is 14.7 Å². The predicted octanol–water partition coefficient (Wildman–Crippen LogP) is -0.266. The second-order valence-corrected chi connectivity index (χ2v) is 5.23. The number of ether oxygens (including phenoxy) is 1. The number of carboxylic acids is 1. The summed E-state index contributed by atoms with van der Waals surface area (Å²) >= 11 is 0. The van der Waals surface area contributed by atoms with E-state index in [1.165, 1.54) is 0 Å². The summed E-state index contributed by atoms with van der Waals surface area (Å²) in [7, 11) is 0. The molecule has 2 heterocycles. The average Bonchev–Trinajstić information content (AvgIpc) is 2.79. The van der Waals surface area contributed by atoms with Crippen LogP contribution in [0.15, 0.2) is 0 Å². The zero-order chi connectivity index (χ0) is 13.2. The van der Waals surface area contributed by atoms with Gasteiger partial charge in [-0.1, -0.05) is 6.92 Å². The van der Waals surface area contributed by atoms with Crippen molar-refractivity contribution in [2.75, 3.05) is 19.8 Å². The van der Waals surface area contributed by atoms with Crippen molar-refractivity contribution in [3.63, 3.8) is 0 Å². The first-order chi connectivity index (χ1) is 8.55. The fourth-order valence-corrected chi connectivity index (χ4v) is 2.60. The molecule has 0 aliphatic carbocycles. The molecule has 3 unspecified atom stereocenters. The van der Waals surface area contributed by atoms with E-state index in [1.807, 2.05) is 6.92 Å². The van der Waals surface area contributed by atoms with E-state index < -0.39 is 11.5 Å². The van der Waals surface area contributed by atoms with Crippen LogP contribution in [0.1, 0.15) is 26.2 Å². The van der Waals surface area contributed by atoms with Crippen molar-refractivity contribution in [2.24, 2.45) is 5.92 Å². The van der Waals surface area contributed by atoms with Crippen LogP contribution in [0.25, 0.3) is 0 Å². The van der Waals surface area contributed by atoms with Crippen LogP contribution in [0.4, 0.5) is 0 Å². The second-order valence-electron chi connectivity index (χ2n) is 5.23. The molecule has 0 aromatic heterocycles. The number of amides is 1. The predicted molar refractivity (Wildman–Crippen MR) is 64.1 cm³/mol. The lowest BCUT2D eigenvalue weighted by Crippen LogP contribution is -2.61. The Kier molecular flexibility index (Phi) is 3.87. The highest BCUT2D eigenvalue weighted by Crippen LogP contribution is 2.21. The molecule has 0 bridgehead atoms. The van der Waals surface area contributed by atoms with Crippen molar-refractivity contribution in [1.82, 2.24) is 10.6 Å². The topological polar surface area (TPSA) is 87.7 Å². The van der Waals surface area contributed by atoms with E-state index in [4.69, 9.17) is 4.74 Å². The summed E-state index contributed by atoms with van der Waals surface area (Å²) in [6.07, 6.45) is 2.37. The van der Waals surface area contributed by atoms with E-state index >= 15 is 0 Å². The van der Waals surface area contributed by atoms with Crippen LogP contribution in [0.2, 0.25) is 0 Å². The molecule has 2 aliphatic rings. The molecule has 2 rings (SSSR count). The number of nitrogens with one attached hydrogen (secondary N) is 2. The average molecular weight is 256 g/mol. The van der Waals surface area contributed by atoms with Crippen LogP contribution in [-0.4, -0.2) is 48.3 Å². The molecule has 2 fully saturated rings. The third kappa shape index (κ3) is 2.49. The van der Waals surface area contributed by atoms with Gasteiger partial charge >= 0.3 is 5.97 Å². The van der Waals surface area contributed by atoms with Crippen molar-refractivity contribution in [2.45, 2.75) is 37.8 Å². The fourth-order valence-electron chi connectivity index (χ4n) is 2.60. The highest BCUT2D eigenvalue weighted by Gasteiger charge is 2.45. The van der Waals surface area contributed by atoms with E-state index in [2.05, 4.69) is 10.6 Å². The van der Waals surface area contributed by atoms with E-state index in [0.717, 1.165) is 19.4 Å². The Morgan fingerprint density at radius 1 is 1.50 bits per heavy atom. The van der Waals surface area contributed by atoms with Gasteiger partial charge in [-0.05, 0) is 25.3 Å². The molecule has 6 heteroatoms. The normalized spacial score (nSPS) is 36.3. The van der Waals surface area contributed by atoms with Crippen molar-refractivity contribution >= 4 is 11.9 Å². The van der Waals surface area contributed by atoms with Crippen LogP contribution in [-0.2, 0) is 14.3 Å². The molecule has 2 saturated heterocycles. The third-order valence-corrected chi connectivity index (χ3v) is 3.85. The van der Waals surface area contributed by atoms with E-state index in [1.54, 1.807) is 0 Å². The maximum Gasteiger partial charge on any atom is 0.331 e. The van der Waals surface area contributed by atoms with E-state index in [-0.39, 0.29) is 24.5 Å². The van der Waals surface area contributed by atoms with Gasteiger partial charge in [0.15, 0.2) is 5.54 Å². The number of carbonyl (C=O) groups is 2. The Labute approximate surface area is 106 Å². The Morgan fingerprint density at radius 3 is 2.83 bits per heavy atom. The van der Waals surface area contributed by atoms with Gasteiger partial charge in [0.2, 0.25) is 5.91 Å². The Morgan fingerprint density at radius 2 is 2.28 bits per heavy atom. The van der Waals surface area contributed by atoms with Crippen molar-refractivity contribution < 1.29 is 19.4 Å². The second kappa shape index (κ2) is 5.24. The molecule has 1 amide bonds. The molecule has 18 heavy (non-hydrogen) atoms. The van der Waals surface area contributed by atoms with E-state index in [0.29, 0.717) is 13.0 Å². The molecule has 3 N–H and O–H groups in total. The van der Waals surface area contributed by atoms with Gasteiger partial charge in [-0.3, -0.25) is 4.79 Å². The number of piperidine rings is 1. The maximum atomic E-state index is 12.2.